The van der Waals surface area contributed by atoms with E-state index >= 15 is 0 Å². The van der Waals surface area contributed by atoms with Gasteiger partial charge in [0.25, 0.3) is 0 Å². The highest BCUT2D eigenvalue weighted by Crippen LogP contribution is 2.05. The molecule has 0 fully saturated rings. The van der Waals surface area contributed by atoms with Crippen LogP contribution in [0.5, 0.6) is 0 Å². The van der Waals surface area contributed by atoms with Crippen molar-refractivity contribution in [2.45, 2.75) is 6.61 Å². The summed E-state index contributed by atoms with van der Waals surface area (Å²) in [5.41, 5.74) is 0.783. The molecule has 0 atom stereocenters. The quantitative estimate of drug-likeness (QED) is 0.558. The second-order valence-electron chi connectivity index (χ2n) is 2.82. The summed E-state index contributed by atoms with van der Waals surface area (Å²) < 4.78 is 1.64. The van der Waals surface area contributed by atoms with Gasteiger partial charge in [0.05, 0.1) is 0 Å². The van der Waals surface area contributed by atoms with Crippen LogP contribution in [-0.2, 0) is 11.4 Å². The van der Waals surface area contributed by atoms with Gasteiger partial charge in [-0.1, -0.05) is 6.07 Å². The van der Waals surface area contributed by atoms with Crippen LogP contribution in [0.2, 0.25) is 0 Å². The summed E-state index contributed by atoms with van der Waals surface area (Å²) in [6.45, 7) is 0.135. The van der Waals surface area contributed by atoms with E-state index < -0.39 is 0 Å². The predicted octanol–water partition coefficient (Wildman–Crippen LogP) is 1.47. The molecule has 0 saturated heterocycles. The van der Waals surface area contributed by atoms with Crippen LogP contribution in [0, 0.1) is 4.91 Å². The summed E-state index contributed by atoms with van der Waals surface area (Å²) in [5, 5.41) is 6.34. The number of nitrogens with zero attached hydrogens (tertiary/aromatic N) is 4. The van der Waals surface area contributed by atoms with Crippen LogP contribution in [0.3, 0.4) is 0 Å². The van der Waals surface area contributed by atoms with E-state index in [9.17, 15) is 4.91 Å². The summed E-state index contributed by atoms with van der Waals surface area (Å²) in [4.78, 5) is 18.2. The Morgan fingerprint density at radius 2 is 2.40 bits per heavy atom. The maximum Gasteiger partial charge on any atom is 0.155 e. The van der Waals surface area contributed by atoms with Crippen molar-refractivity contribution >= 4 is 0 Å². The summed E-state index contributed by atoms with van der Waals surface area (Å²) >= 11 is 0. The zero-order valence-electron chi connectivity index (χ0n) is 7.78. The number of aromatic nitrogens is 3. The van der Waals surface area contributed by atoms with E-state index in [0.717, 1.165) is 5.56 Å². The van der Waals surface area contributed by atoms with Crippen LogP contribution in [0.15, 0.2) is 42.1 Å². The first kappa shape index (κ1) is 9.32. The first-order chi connectivity index (χ1) is 7.40. The first-order valence-corrected chi connectivity index (χ1v) is 4.30. The predicted molar refractivity (Wildman–Crippen MR) is 51.9 cm³/mol. The van der Waals surface area contributed by atoms with Gasteiger partial charge in [-0.3, -0.25) is 0 Å². The third-order valence-corrected chi connectivity index (χ3v) is 1.83. The van der Waals surface area contributed by atoms with Crippen LogP contribution in [-0.4, -0.2) is 14.8 Å². The molecule has 2 rings (SSSR count). The molecule has 0 amide bonds. The van der Waals surface area contributed by atoms with Gasteiger partial charge in [-0.15, -0.1) is 4.91 Å². The highest BCUT2D eigenvalue weighted by atomic mass is 16.7. The fourth-order valence-electron chi connectivity index (χ4n) is 1.14. The Morgan fingerprint density at radius 1 is 1.47 bits per heavy atom. The smallest absolute Gasteiger partial charge is 0.155 e. The van der Waals surface area contributed by atoms with Crippen molar-refractivity contribution in [2.24, 2.45) is 5.34 Å². The third kappa shape index (κ3) is 2.16. The van der Waals surface area contributed by atoms with Gasteiger partial charge in [0, 0.05) is 24.2 Å². The lowest BCUT2D eigenvalue weighted by Crippen LogP contribution is -1.98. The van der Waals surface area contributed by atoms with Crippen LogP contribution in [0.1, 0.15) is 5.56 Å². The molecule has 2 aromatic heterocycles. The highest BCUT2D eigenvalue weighted by molar-refractivity contribution is 5.23. The van der Waals surface area contributed by atoms with Crippen LogP contribution < -0.4 is 0 Å². The Morgan fingerprint density at radius 3 is 3.00 bits per heavy atom. The van der Waals surface area contributed by atoms with Gasteiger partial charge in [0.2, 0.25) is 0 Å². The number of rotatable bonds is 4. The zero-order valence-corrected chi connectivity index (χ0v) is 7.78. The maximum atomic E-state index is 9.73. The summed E-state index contributed by atoms with van der Waals surface area (Å²) in [6, 6.07) is 5.40. The largest absolute Gasteiger partial charge is 0.359 e. The highest BCUT2D eigenvalue weighted by Gasteiger charge is 1.98. The van der Waals surface area contributed by atoms with Gasteiger partial charge in [0.15, 0.2) is 11.2 Å². The molecule has 6 nitrogen and oxygen atoms in total. The van der Waals surface area contributed by atoms with E-state index in [1.165, 1.54) is 0 Å². The van der Waals surface area contributed by atoms with Gasteiger partial charge in [-0.2, -0.15) is 5.10 Å². The van der Waals surface area contributed by atoms with Crippen molar-refractivity contribution in [3.63, 3.8) is 0 Å². The van der Waals surface area contributed by atoms with E-state index in [1.807, 2.05) is 6.07 Å². The van der Waals surface area contributed by atoms with Crippen molar-refractivity contribution in [3.8, 4) is 5.82 Å². The van der Waals surface area contributed by atoms with Gasteiger partial charge in [-0.05, 0) is 12.1 Å². The van der Waals surface area contributed by atoms with Crippen molar-refractivity contribution in [1.29, 1.82) is 0 Å². The Balaban J connectivity index is 2.14. The van der Waals surface area contributed by atoms with Gasteiger partial charge in [-0.25, -0.2) is 9.67 Å². The van der Waals surface area contributed by atoms with E-state index in [1.54, 1.807) is 35.4 Å². The molecule has 6 heteroatoms. The SMILES string of the molecule is O=NOCc1ccc(-n2cccn2)nc1. The maximum absolute atomic E-state index is 9.73. The van der Waals surface area contributed by atoms with Crippen LogP contribution >= 0.6 is 0 Å². The van der Waals surface area contributed by atoms with Gasteiger partial charge < -0.3 is 4.84 Å². The monoisotopic (exact) mass is 204 g/mol. The second kappa shape index (κ2) is 4.32. The standard InChI is InChI=1S/C9H8N4O2/c14-12-15-7-8-2-3-9(10-6-8)13-5-1-4-11-13/h1-6H,7H2. The molecule has 0 aliphatic heterocycles. The minimum atomic E-state index is 0.135. The van der Waals surface area contributed by atoms with E-state index in [0.29, 0.717) is 5.82 Å². The molecule has 2 aromatic rings. The molecule has 0 N–H and O–H groups in total. The number of hydrogen-bond acceptors (Lipinski definition) is 5. The minimum Gasteiger partial charge on any atom is -0.359 e. The molecule has 15 heavy (non-hydrogen) atoms. The van der Waals surface area contributed by atoms with Crippen molar-refractivity contribution < 1.29 is 4.84 Å². The summed E-state index contributed by atoms with van der Waals surface area (Å²) in [7, 11) is 0. The van der Waals surface area contributed by atoms with E-state index in [-0.39, 0.29) is 6.61 Å². The lowest BCUT2D eigenvalue weighted by atomic mass is 10.3. The molecule has 0 aromatic carbocycles. The molecule has 0 aliphatic rings. The van der Waals surface area contributed by atoms with Crippen molar-refractivity contribution in [1.82, 2.24) is 14.8 Å². The van der Waals surface area contributed by atoms with E-state index in [4.69, 9.17) is 0 Å². The molecule has 0 saturated carbocycles. The van der Waals surface area contributed by atoms with Crippen LogP contribution in [0.25, 0.3) is 5.82 Å². The topological polar surface area (TPSA) is 69.4 Å². The first-order valence-electron chi connectivity index (χ1n) is 4.30. The molecule has 0 aliphatic carbocycles. The summed E-state index contributed by atoms with van der Waals surface area (Å²) in [6.07, 6.45) is 5.09. The molecule has 2 heterocycles. The Hall–Kier alpha value is -2.24. The number of hydrogen-bond donors (Lipinski definition) is 0. The molecule has 0 unspecified atom stereocenters. The normalized spacial score (nSPS) is 9.87. The Bertz CT molecular complexity index is 424. The average Bonchev–Trinajstić information content (AvgIpc) is 2.80. The second-order valence-corrected chi connectivity index (χ2v) is 2.82. The molecule has 0 radical (unpaired) electrons. The Kier molecular flexibility index (Phi) is 2.68. The summed E-state index contributed by atoms with van der Waals surface area (Å²) in [5.74, 6) is 0.711. The number of pyridine rings is 1. The Labute approximate surface area is 85.4 Å². The third-order valence-electron chi connectivity index (χ3n) is 1.83. The van der Waals surface area contributed by atoms with Crippen molar-refractivity contribution in [2.75, 3.05) is 0 Å². The van der Waals surface area contributed by atoms with E-state index in [2.05, 4.69) is 20.3 Å². The molecular weight excluding hydrogens is 196 g/mol. The lowest BCUT2D eigenvalue weighted by molar-refractivity contribution is 0.125. The zero-order chi connectivity index (χ0) is 10.5. The molecule has 0 spiro atoms. The average molecular weight is 204 g/mol. The van der Waals surface area contributed by atoms with Gasteiger partial charge >= 0.3 is 0 Å². The lowest BCUT2D eigenvalue weighted by Gasteiger charge is -2.01. The van der Waals surface area contributed by atoms with Crippen molar-refractivity contribution in [3.05, 3.63) is 47.3 Å². The van der Waals surface area contributed by atoms with Gasteiger partial charge in [0.1, 0.15) is 6.61 Å². The minimum absolute atomic E-state index is 0.135. The van der Waals surface area contributed by atoms with Crippen LogP contribution in [0.4, 0.5) is 0 Å². The fourth-order valence-corrected chi connectivity index (χ4v) is 1.14. The fraction of sp³-hybridized carbons (Fsp3) is 0.111. The molecular formula is C9H8N4O2. The molecule has 0 bridgehead atoms. The molecule has 76 valence electrons.